The molecular weight excluding hydrogens is 274 g/mol. The predicted molar refractivity (Wildman–Crippen MR) is 75.8 cm³/mol. The molecule has 2 rings (SSSR count). The first-order valence-corrected chi connectivity index (χ1v) is 7.42. The van der Waals surface area contributed by atoms with Crippen molar-refractivity contribution in [3.05, 3.63) is 0 Å². The lowest BCUT2D eigenvalue weighted by Gasteiger charge is -2.38. The lowest BCUT2D eigenvalue weighted by molar-refractivity contribution is -0.151. The quantitative estimate of drug-likeness (QED) is 0.693. The number of carbonyl (C=O) groups excluding carboxylic acids is 2. The third-order valence-corrected chi connectivity index (χ3v) is 4.15. The number of methoxy groups -OCH3 is 1. The lowest BCUT2D eigenvalue weighted by atomic mass is 9.77. The van der Waals surface area contributed by atoms with Crippen LogP contribution in [-0.4, -0.2) is 55.5 Å². The molecule has 0 aliphatic carbocycles. The number of amides is 1. The minimum atomic E-state index is -0.474. The molecule has 0 bridgehead atoms. The zero-order valence-electron chi connectivity index (χ0n) is 13.3. The van der Waals surface area contributed by atoms with E-state index < -0.39 is 11.7 Å². The molecule has 6 nitrogen and oxygen atoms in total. The zero-order chi connectivity index (χ0) is 15.7. The first-order chi connectivity index (χ1) is 9.75. The molecule has 2 fully saturated rings. The average Bonchev–Trinajstić information content (AvgIpc) is 2.81. The Bertz CT molecular complexity index is 407. The second-order valence-corrected chi connectivity index (χ2v) is 6.99. The second-order valence-electron chi connectivity index (χ2n) is 6.99. The summed E-state index contributed by atoms with van der Waals surface area (Å²) < 4.78 is 15.7. The van der Waals surface area contributed by atoms with E-state index in [2.05, 4.69) is 0 Å². The molecule has 1 unspecified atom stereocenters. The summed E-state index contributed by atoms with van der Waals surface area (Å²) in [4.78, 5) is 25.3. The van der Waals surface area contributed by atoms with Crippen LogP contribution in [0.3, 0.4) is 0 Å². The molecule has 1 spiro atoms. The van der Waals surface area contributed by atoms with E-state index in [1.54, 1.807) is 4.90 Å². The van der Waals surface area contributed by atoms with Crippen molar-refractivity contribution in [2.75, 3.05) is 26.8 Å². The summed E-state index contributed by atoms with van der Waals surface area (Å²) in [7, 11) is 1.38. The molecule has 0 aromatic heterocycles. The summed E-state index contributed by atoms with van der Waals surface area (Å²) in [5.74, 6) is -0.304. The van der Waals surface area contributed by atoms with Crippen LogP contribution in [-0.2, 0) is 19.0 Å². The molecule has 1 amide bonds. The van der Waals surface area contributed by atoms with E-state index in [0.717, 1.165) is 12.8 Å². The van der Waals surface area contributed by atoms with Gasteiger partial charge in [0.25, 0.3) is 0 Å². The topological polar surface area (TPSA) is 65.1 Å². The molecule has 2 heterocycles. The van der Waals surface area contributed by atoms with Crippen molar-refractivity contribution in [1.82, 2.24) is 4.90 Å². The van der Waals surface area contributed by atoms with Gasteiger partial charge in [0.2, 0.25) is 0 Å². The number of esters is 1. The number of carbonyl (C=O) groups is 2. The summed E-state index contributed by atoms with van der Waals surface area (Å²) in [6.07, 6.45) is 1.63. The Morgan fingerprint density at radius 3 is 2.38 bits per heavy atom. The zero-order valence-corrected chi connectivity index (χ0v) is 13.3. The standard InChI is InChI=1S/C15H25NO5/c1-14(2,3)21-13(18)16-7-5-15(6-8-16)9-11(20-10-15)12(17)19-4/h11H,5-10H2,1-4H3. The van der Waals surface area contributed by atoms with E-state index in [1.807, 2.05) is 20.8 Å². The SMILES string of the molecule is COC(=O)C1CC2(CCN(C(=O)OC(C)(C)C)CC2)CO1. The van der Waals surface area contributed by atoms with Gasteiger partial charge in [0.05, 0.1) is 13.7 Å². The highest BCUT2D eigenvalue weighted by Gasteiger charge is 2.46. The molecule has 0 radical (unpaired) electrons. The smallest absolute Gasteiger partial charge is 0.410 e. The summed E-state index contributed by atoms with van der Waals surface area (Å²) in [6.45, 7) is 7.44. The largest absolute Gasteiger partial charge is 0.467 e. The molecule has 0 N–H and O–H groups in total. The van der Waals surface area contributed by atoms with Gasteiger partial charge in [-0.1, -0.05) is 0 Å². The summed E-state index contributed by atoms with van der Waals surface area (Å²) in [5.41, 5.74) is -0.476. The molecule has 0 saturated carbocycles. The molecule has 6 heteroatoms. The van der Waals surface area contributed by atoms with Crippen LogP contribution in [0.5, 0.6) is 0 Å². The molecular formula is C15H25NO5. The van der Waals surface area contributed by atoms with Crippen molar-refractivity contribution in [3.63, 3.8) is 0 Å². The Hall–Kier alpha value is -1.30. The van der Waals surface area contributed by atoms with E-state index in [4.69, 9.17) is 14.2 Å². The summed E-state index contributed by atoms with van der Waals surface area (Å²) in [6, 6.07) is 0. The van der Waals surface area contributed by atoms with Crippen molar-refractivity contribution in [2.24, 2.45) is 5.41 Å². The first kappa shape index (κ1) is 16.1. The van der Waals surface area contributed by atoms with E-state index >= 15 is 0 Å². The van der Waals surface area contributed by atoms with Gasteiger partial charge in [-0.2, -0.15) is 0 Å². The van der Waals surface area contributed by atoms with Crippen molar-refractivity contribution in [3.8, 4) is 0 Å². The number of piperidine rings is 1. The van der Waals surface area contributed by atoms with Crippen LogP contribution in [0.15, 0.2) is 0 Å². The van der Waals surface area contributed by atoms with E-state index in [9.17, 15) is 9.59 Å². The van der Waals surface area contributed by atoms with Crippen LogP contribution < -0.4 is 0 Å². The number of hydrogen-bond acceptors (Lipinski definition) is 5. The van der Waals surface area contributed by atoms with Crippen LogP contribution in [0.2, 0.25) is 0 Å². The Labute approximate surface area is 125 Å². The number of likely N-dealkylation sites (tertiary alicyclic amines) is 1. The van der Waals surface area contributed by atoms with Gasteiger partial charge in [0.1, 0.15) is 5.60 Å². The third kappa shape index (κ3) is 3.87. The van der Waals surface area contributed by atoms with Crippen molar-refractivity contribution in [1.29, 1.82) is 0 Å². The number of ether oxygens (including phenoxy) is 3. The summed E-state index contributed by atoms with van der Waals surface area (Å²) >= 11 is 0. The molecule has 2 saturated heterocycles. The van der Waals surface area contributed by atoms with Gasteiger partial charge in [0.15, 0.2) is 6.10 Å². The summed E-state index contributed by atoms with van der Waals surface area (Å²) in [5, 5.41) is 0. The fourth-order valence-electron chi connectivity index (χ4n) is 2.91. The first-order valence-electron chi connectivity index (χ1n) is 7.42. The average molecular weight is 299 g/mol. The van der Waals surface area contributed by atoms with Crippen LogP contribution in [0.4, 0.5) is 4.79 Å². The fourth-order valence-corrected chi connectivity index (χ4v) is 2.91. The Morgan fingerprint density at radius 1 is 1.24 bits per heavy atom. The van der Waals surface area contributed by atoms with Gasteiger partial charge in [-0.25, -0.2) is 9.59 Å². The fraction of sp³-hybridized carbons (Fsp3) is 0.867. The number of rotatable bonds is 1. The minimum Gasteiger partial charge on any atom is -0.467 e. The van der Waals surface area contributed by atoms with Gasteiger partial charge in [-0.3, -0.25) is 0 Å². The highest BCUT2D eigenvalue weighted by molar-refractivity contribution is 5.75. The van der Waals surface area contributed by atoms with Crippen molar-refractivity contribution >= 4 is 12.1 Å². The van der Waals surface area contributed by atoms with E-state index in [0.29, 0.717) is 26.1 Å². The minimum absolute atomic E-state index is 0.00261. The van der Waals surface area contributed by atoms with E-state index in [1.165, 1.54) is 7.11 Å². The molecule has 0 aromatic rings. The molecule has 2 aliphatic heterocycles. The normalized spacial score (nSPS) is 25.0. The Kier molecular flexibility index (Phi) is 4.46. The molecule has 1 atom stereocenters. The number of nitrogens with zero attached hydrogens (tertiary/aromatic N) is 1. The molecule has 120 valence electrons. The highest BCUT2D eigenvalue weighted by Crippen LogP contribution is 2.42. The predicted octanol–water partition coefficient (Wildman–Crippen LogP) is 1.97. The number of hydrogen-bond donors (Lipinski definition) is 0. The Balaban J connectivity index is 1.86. The highest BCUT2D eigenvalue weighted by atomic mass is 16.6. The third-order valence-electron chi connectivity index (χ3n) is 4.15. The molecule has 0 aromatic carbocycles. The van der Waals surface area contributed by atoms with Crippen molar-refractivity contribution in [2.45, 2.75) is 51.7 Å². The van der Waals surface area contributed by atoms with Gasteiger partial charge in [-0.05, 0) is 40.0 Å². The Morgan fingerprint density at radius 2 is 1.86 bits per heavy atom. The second kappa shape index (κ2) is 5.83. The van der Waals surface area contributed by atoms with Gasteiger partial charge >= 0.3 is 12.1 Å². The monoisotopic (exact) mass is 299 g/mol. The van der Waals surface area contributed by atoms with E-state index in [-0.39, 0.29) is 17.5 Å². The van der Waals surface area contributed by atoms with Crippen LogP contribution in [0.1, 0.15) is 40.0 Å². The van der Waals surface area contributed by atoms with Gasteiger partial charge < -0.3 is 19.1 Å². The van der Waals surface area contributed by atoms with Crippen molar-refractivity contribution < 1.29 is 23.8 Å². The van der Waals surface area contributed by atoms with Gasteiger partial charge in [-0.15, -0.1) is 0 Å². The maximum Gasteiger partial charge on any atom is 0.410 e. The lowest BCUT2D eigenvalue weighted by Crippen LogP contribution is -2.45. The maximum absolute atomic E-state index is 12.0. The molecule has 2 aliphatic rings. The van der Waals surface area contributed by atoms with Crippen LogP contribution >= 0.6 is 0 Å². The van der Waals surface area contributed by atoms with Crippen LogP contribution in [0.25, 0.3) is 0 Å². The molecule has 21 heavy (non-hydrogen) atoms. The maximum atomic E-state index is 12.0. The van der Waals surface area contributed by atoms with Gasteiger partial charge in [0, 0.05) is 18.5 Å². The van der Waals surface area contributed by atoms with Crippen LogP contribution in [0, 0.1) is 5.41 Å².